The molecule has 1 aromatic carbocycles. The van der Waals surface area contributed by atoms with Gasteiger partial charge in [-0.3, -0.25) is 9.59 Å². The number of furan rings is 1. The first-order valence-electron chi connectivity index (χ1n) is 9.73. The molecule has 3 aromatic rings. The van der Waals surface area contributed by atoms with Gasteiger partial charge in [0.15, 0.2) is 5.76 Å². The van der Waals surface area contributed by atoms with Gasteiger partial charge >= 0.3 is 0 Å². The number of fused-ring (bicyclic) bond motifs is 1. The monoisotopic (exact) mass is 429 g/mol. The Morgan fingerprint density at radius 2 is 2.24 bits per heavy atom. The highest BCUT2D eigenvalue weighted by atomic mass is 32.2. The smallest absolute Gasteiger partial charge is 0.287 e. The predicted octanol–water partition coefficient (Wildman–Crippen LogP) is 4.23. The number of hydrogen-bond acceptors (Lipinski definition) is 6. The topological polar surface area (TPSA) is 75.4 Å². The highest BCUT2D eigenvalue weighted by Gasteiger charge is 2.22. The summed E-state index contributed by atoms with van der Waals surface area (Å²) in [6.45, 7) is 4.00. The molecule has 0 saturated carbocycles. The number of thioether (sulfide) groups is 1. The molecule has 29 heavy (non-hydrogen) atoms. The summed E-state index contributed by atoms with van der Waals surface area (Å²) < 4.78 is 6.88. The number of aromatic nitrogens is 1. The fourth-order valence-corrected chi connectivity index (χ4v) is 5.33. The largest absolute Gasteiger partial charge is 0.451 e. The molecule has 1 aliphatic rings. The van der Waals surface area contributed by atoms with E-state index in [2.05, 4.69) is 10.3 Å². The van der Waals surface area contributed by atoms with E-state index >= 15 is 0 Å². The van der Waals surface area contributed by atoms with Gasteiger partial charge in [0.1, 0.15) is 9.92 Å². The first-order valence-corrected chi connectivity index (χ1v) is 11.6. The van der Waals surface area contributed by atoms with Gasteiger partial charge in [0.2, 0.25) is 5.91 Å². The van der Waals surface area contributed by atoms with Crippen LogP contribution in [0.1, 0.15) is 41.1 Å². The Kier molecular flexibility index (Phi) is 6.20. The van der Waals surface area contributed by atoms with E-state index < -0.39 is 0 Å². The van der Waals surface area contributed by atoms with Crippen LogP contribution in [-0.2, 0) is 10.5 Å². The molecule has 0 atom stereocenters. The minimum atomic E-state index is -0.208. The molecule has 2 amide bonds. The van der Waals surface area contributed by atoms with Crippen molar-refractivity contribution >= 4 is 45.9 Å². The molecular weight excluding hydrogens is 406 g/mol. The van der Waals surface area contributed by atoms with Gasteiger partial charge in [0.05, 0.1) is 0 Å². The zero-order valence-electron chi connectivity index (χ0n) is 16.3. The van der Waals surface area contributed by atoms with E-state index in [1.165, 1.54) is 0 Å². The molecule has 1 aliphatic heterocycles. The van der Waals surface area contributed by atoms with Crippen LogP contribution in [0.3, 0.4) is 0 Å². The average Bonchev–Trinajstić information content (AvgIpc) is 3.42. The third-order valence-electron chi connectivity index (χ3n) is 4.90. The molecule has 1 fully saturated rings. The lowest BCUT2D eigenvalue weighted by molar-refractivity contribution is -0.127. The molecular formula is C21H23N3O3S2. The number of thiazole rings is 1. The van der Waals surface area contributed by atoms with Crippen molar-refractivity contribution in [1.29, 1.82) is 0 Å². The summed E-state index contributed by atoms with van der Waals surface area (Å²) in [7, 11) is 0. The Morgan fingerprint density at radius 3 is 3.00 bits per heavy atom. The number of nitrogens with one attached hydrogen (secondary N) is 1. The number of aryl methyl sites for hydroxylation is 1. The third-order valence-corrected chi connectivity index (χ3v) is 7.07. The molecule has 1 N–H and O–H groups in total. The van der Waals surface area contributed by atoms with E-state index in [-0.39, 0.29) is 11.8 Å². The van der Waals surface area contributed by atoms with Crippen molar-refractivity contribution in [1.82, 2.24) is 15.2 Å². The minimum Gasteiger partial charge on any atom is -0.451 e. The van der Waals surface area contributed by atoms with Crippen LogP contribution in [-0.4, -0.2) is 41.3 Å². The molecule has 0 spiro atoms. The van der Waals surface area contributed by atoms with Crippen LogP contribution in [0.2, 0.25) is 0 Å². The van der Waals surface area contributed by atoms with Crippen LogP contribution in [0.25, 0.3) is 11.0 Å². The van der Waals surface area contributed by atoms with E-state index in [1.807, 2.05) is 41.5 Å². The molecule has 0 aliphatic carbocycles. The van der Waals surface area contributed by atoms with Crippen molar-refractivity contribution in [3.63, 3.8) is 0 Å². The van der Waals surface area contributed by atoms with Crippen LogP contribution < -0.4 is 5.32 Å². The molecule has 1 saturated heterocycles. The highest BCUT2D eigenvalue weighted by Crippen LogP contribution is 2.33. The summed E-state index contributed by atoms with van der Waals surface area (Å²) in [5, 5.41) is 5.93. The standard InChI is InChI=1S/C21H23N3O3S2/c1-14-12-28-21(23-14)29-13-16-15-6-2-3-7-17(15)27-19(16)20(26)22-9-5-11-24-10-4-8-18(24)25/h2-3,6-7,12H,4-5,8-11,13H2,1H3,(H,22,26). The summed E-state index contributed by atoms with van der Waals surface area (Å²) in [4.78, 5) is 30.8. The molecule has 152 valence electrons. The minimum absolute atomic E-state index is 0.208. The number of para-hydroxylation sites is 1. The maximum Gasteiger partial charge on any atom is 0.287 e. The van der Waals surface area contributed by atoms with E-state index in [0.29, 0.717) is 36.6 Å². The number of likely N-dealkylation sites (tertiary alicyclic amines) is 1. The number of carbonyl (C=O) groups excluding carboxylic acids is 2. The Bertz CT molecular complexity index is 1030. The summed E-state index contributed by atoms with van der Waals surface area (Å²) in [5.41, 5.74) is 2.61. The van der Waals surface area contributed by atoms with Crippen molar-refractivity contribution in [3.8, 4) is 0 Å². The van der Waals surface area contributed by atoms with Crippen molar-refractivity contribution in [2.24, 2.45) is 0 Å². The summed E-state index contributed by atoms with van der Waals surface area (Å²) in [6.07, 6.45) is 2.31. The van der Waals surface area contributed by atoms with E-state index in [1.54, 1.807) is 23.1 Å². The lowest BCUT2D eigenvalue weighted by Crippen LogP contribution is -2.30. The van der Waals surface area contributed by atoms with Crippen LogP contribution in [0.15, 0.2) is 38.4 Å². The second kappa shape index (κ2) is 9.00. The average molecular weight is 430 g/mol. The number of carbonyl (C=O) groups is 2. The molecule has 0 unspecified atom stereocenters. The Balaban J connectivity index is 1.42. The second-order valence-electron chi connectivity index (χ2n) is 7.04. The number of rotatable bonds is 8. The van der Waals surface area contributed by atoms with Crippen molar-refractivity contribution < 1.29 is 14.0 Å². The highest BCUT2D eigenvalue weighted by molar-refractivity contribution is 8.00. The molecule has 4 rings (SSSR count). The number of nitrogens with zero attached hydrogens (tertiary/aromatic N) is 2. The van der Waals surface area contributed by atoms with Crippen molar-refractivity contribution in [3.05, 3.63) is 46.7 Å². The maximum atomic E-state index is 12.8. The Labute approximate surface area is 177 Å². The fourth-order valence-electron chi connectivity index (χ4n) is 3.45. The van der Waals surface area contributed by atoms with E-state index in [9.17, 15) is 9.59 Å². The second-order valence-corrected chi connectivity index (χ2v) is 9.12. The molecule has 2 aromatic heterocycles. The van der Waals surface area contributed by atoms with Crippen LogP contribution in [0.5, 0.6) is 0 Å². The first-order chi connectivity index (χ1) is 14.1. The van der Waals surface area contributed by atoms with Gasteiger partial charge in [0.25, 0.3) is 5.91 Å². The normalized spacial score (nSPS) is 14.1. The van der Waals surface area contributed by atoms with Gasteiger partial charge in [0, 0.05) is 53.8 Å². The predicted molar refractivity (Wildman–Crippen MR) is 115 cm³/mol. The molecule has 8 heteroatoms. The molecule has 0 bridgehead atoms. The summed E-state index contributed by atoms with van der Waals surface area (Å²) >= 11 is 3.22. The van der Waals surface area contributed by atoms with Crippen LogP contribution in [0.4, 0.5) is 0 Å². The molecule has 6 nitrogen and oxygen atoms in total. The zero-order chi connectivity index (χ0) is 20.2. The van der Waals surface area contributed by atoms with Gasteiger partial charge in [-0.2, -0.15) is 0 Å². The van der Waals surface area contributed by atoms with Gasteiger partial charge in [-0.05, 0) is 25.8 Å². The number of benzene rings is 1. The van der Waals surface area contributed by atoms with E-state index in [4.69, 9.17) is 4.42 Å². The van der Waals surface area contributed by atoms with Crippen LogP contribution >= 0.6 is 23.1 Å². The fraction of sp³-hybridized carbons (Fsp3) is 0.381. The lowest BCUT2D eigenvalue weighted by atomic mass is 10.1. The van der Waals surface area contributed by atoms with Gasteiger partial charge < -0.3 is 14.6 Å². The number of hydrogen-bond donors (Lipinski definition) is 1. The summed E-state index contributed by atoms with van der Waals surface area (Å²) in [6, 6.07) is 7.72. The van der Waals surface area contributed by atoms with Crippen LogP contribution in [0, 0.1) is 6.92 Å². The van der Waals surface area contributed by atoms with Crippen molar-refractivity contribution in [2.75, 3.05) is 19.6 Å². The van der Waals surface area contributed by atoms with Gasteiger partial charge in [-0.15, -0.1) is 11.3 Å². The molecule has 0 radical (unpaired) electrons. The van der Waals surface area contributed by atoms with Crippen molar-refractivity contribution in [2.45, 2.75) is 36.3 Å². The maximum absolute atomic E-state index is 12.8. The summed E-state index contributed by atoms with van der Waals surface area (Å²) in [5.74, 6) is 0.990. The first kappa shape index (κ1) is 20.0. The van der Waals surface area contributed by atoms with Gasteiger partial charge in [-0.1, -0.05) is 30.0 Å². The van der Waals surface area contributed by atoms with E-state index in [0.717, 1.165) is 40.4 Å². The molecule has 3 heterocycles. The Morgan fingerprint density at radius 1 is 1.38 bits per heavy atom. The SMILES string of the molecule is Cc1csc(SCc2c(C(=O)NCCCN3CCCC3=O)oc3ccccc23)n1. The Hall–Kier alpha value is -2.32. The quantitative estimate of drug-likeness (QED) is 0.428. The van der Waals surface area contributed by atoms with Gasteiger partial charge in [-0.25, -0.2) is 4.98 Å². The lowest BCUT2D eigenvalue weighted by Gasteiger charge is -2.15. The third kappa shape index (κ3) is 4.64. The zero-order valence-corrected chi connectivity index (χ0v) is 17.9. The number of amides is 2.